The van der Waals surface area contributed by atoms with E-state index in [1.165, 1.54) is 17.7 Å². The van der Waals surface area contributed by atoms with Crippen molar-refractivity contribution in [3.63, 3.8) is 0 Å². The number of alkyl halides is 3. The monoisotopic (exact) mass is 592 g/mol. The molecule has 3 aromatic rings. The molecule has 1 aliphatic rings. The zero-order chi connectivity index (χ0) is 27.4. The third kappa shape index (κ3) is 9.80. The maximum atomic E-state index is 12.7. The highest BCUT2D eigenvalue weighted by Gasteiger charge is 2.31. The van der Waals surface area contributed by atoms with Gasteiger partial charge in [-0.2, -0.15) is 13.2 Å². The molecule has 0 radical (unpaired) electrons. The lowest BCUT2D eigenvalue weighted by Gasteiger charge is -2.35. The number of hydrogen-bond acceptors (Lipinski definition) is 4. The van der Waals surface area contributed by atoms with Crippen molar-refractivity contribution in [3.05, 3.63) is 100 Å². The number of halogens is 4. The van der Waals surface area contributed by atoms with E-state index in [-0.39, 0.29) is 6.10 Å². The van der Waals surface area contributed by atoms with Gasteiger partial charge in [0.05, 0.1) is 18.3 Å². The average molecular weight is 593 g/mol. The fourth-order valence-electron chi connectivity index (χ4n) is 4.55. The van der Waals surface area contributed by atoms with E-state index in [9.17, 15) is 18.0 Å². The molecular formula is C30H32BrF3O4. The summed E-state index contributed by atoms with van der Waals surface area (Å²) in [5, 5.41) is 0. The normalized spacial score (nSPS) is 19.1. The molecule has 0 N–H and O–H groups in total. The molecule has 1 aliphatic carbocycles. The van der Waals surface area contributed by atoms with E-state index < -0.39 is 11.7 Å². The van der Waals surface area contributed by atoms with Gasteiger partial charge in [0, 0.05) is 11.1 Å². The average Bonchev–Trinajstić information content (AvgIpc) is 2.92. The van der Waals surface area contributed by atoms with Crippen LogP contribution in [0.15, 0.2) is 83.3 Å². The maximum Gasteiger partial charge on any atom is 0.416 e. The van der Waals surface area contributed by atoms with E-state index in [1.54, 1.807) is 0 Å². The number of carbonyl (C=O) groups excluding carboxylic acids is 1. The van der Waals surface area contributed by atoms with Gasteiger partial charge in [0.25, 0.3) is 6.47 Å². The zero-order valence-corrected chi connectivity index (χ0v) is 22.8. The number of hydrogen-bond donors (Lipinski definition) is 0. The summed E-state index contributed by atoms with van der Waals surface area (Å²) in [5.41, 5.74) is 1.63. The fraction of sp³-hybridized carbons (Fsp3) is 0.367. The molecule has 3 atom stereocenters. The Balaban J connectivity index is 0.000000336. The molecule has 3 unspecified atom stereocenters. The summed E-state index contributed by atoms with van der Waals surface area (Å²) in [6, 6.07) is 22.8. The van der Waals surface area contributed by atoms with Gasteiger partial charge in [0.2, 0.25) is 0 Å². The summed E-state index contributed by atoms with van der Waals surface area (Å²) in [4.78, 5) is 9.76. The molecule has 0 saturated heterocycles. The van der Waals surface area contributed by atoms with Crippen molar-refractivity contribution in [2.24, 2.45) is 5.92 Å². The Morgan fingerprint density at radius 3 is 2.21 bits per heavy atom. The first-order valence-electron chi connectivity index (χ1n) is 12.5. The molecule has 0 aromatic heterocycles. The lowest BCUT2D eigenvalue weighted by molar-refractivity contribution is -0.137. The van der Waals surface area contributed by atoms with Crippen LogP contribution in [-0.2, 0) is 27.1 Å². The minimum absolute atomic E-state index is 0.175. The number of carbonyl (C=O) groups is 1. The molecule has 1 fully saturated rings. The van der Waals surface area contributed by atoms with Gasteiger partial charge in [-0.3, -0.25) is 4.79 Å². The second-order valence-electron chi connectivity index (χ2n) is 9.12. The van der Waals surface area contributed by atoms with Gasteiger partial charge in [-0.05, 0) is 85.5 Å². The first kappa shape index (κ1) is 29.7. The van der Waals surface area contributed by atoms with Crippen molar-refractivity contribution < 1.29 is 32.2 Å². The molecule has 38 heavy (non-hydrogen) atoms. The van der Waals surface area contributed by atoms with E-state index in [4.69, 9.17) is 9.47 Å². The van der Waals surface area contributed by atoms with Crippen LogP contribution < -0.4 is 4.74 Å². The van der Waals surface area contributed by atoms with Crippen LogP contribution in [0, 0.1) is 5.92 Å². The third-order valence-electron chi connectivity index (χ3n) is 6.33. The lowest BCUT2D eigenvalue weighted by atomic mass is 9.77. The predicted molar refractivity (Wildman–Crippen MR) is 144 cm³/mol. The van der Waals surface area contributed by atoms with Crippen molar-refractivity contribution in [2.45, 2.75) is 51.0 Å². The van der Waals surface area contributed by atoms with Crippen molar-refractivity contribution >= 4 is 22.4 Å². The van der Waals surface area contributed by atoms with Crippen LogP contribution in [0.5, 0.6) is 5.75 Å². The molecule has 4 rings (SSSR count). The van der Waals surface area contributed by atoms with Gasteiger partial charge in [-0.1, -0.05) is 58.4 Å². The maximum absolute atomic E-state index is 12.7. The minimum Gasteiger partial charge on any atom is -0.493 e. The van der Waals surface area contributed by atoms with Crippen molar-refractivity contribution in [1.29, 1.82) is 0 Å². The standard InChI is InChI=1S/C22H24BrF3O2.C8H8O2/c1-2-27-21-12-15(11-17(13-21)16-3-7-19(23)8-4-16)14-28-20-9-5-18(6-10-20)22(24,25)26;9-7-10-6-8-4-2-1-3-5-8/h3-10,15,17,21H,2,11-14H2,1H3;1-5,7H,6H2. The van der Waals surface area contributed by atoms with Crippen LogP contribution in [0.25, 0.3) is 0 Å². The molecule has 0 amide bonds. The second-order valence-corrected chi connectivity index (χ2v) is 10.0. The SMILES string of the molecule is CCOC1CC(COc2ccc(C(F)(F)F)cc2)CC(c2ccc(Br)cc2)C1.O=COCc1ccccc1. The van der Waals surface area contributed by atoms with Gasteiger partial charge < -0.3 is 14.2 Å². The summed E-state index contributed by atoms with van der Waals surface area (Å²) in [5.74, 6) is 1.15. The van der Waals surface area contributed by atoms with Crippen LogP contribution in [0.4, 0.5) is 13.2 Å². The Labute approximate surface area is 230 Å². The number of rotatable bonds is 9. The Hall–Kier alpha value is -2.84. The summed E-state index contributed by atoms with van der Waals surface area (Å²) in [6.45, 7) is 3.96. The largest absolute Gasteiger partial charge is 0.493 e. The first-order chi connectivity index (χ1) is 18.3. The van der Waals surface area contributed by atoms with Crippen LogP contribution in [0.1, 0.15) is 48.8 Å². The van der Waals surface area contributed by atoms with Crippen molar-refractivity contribution in [1.82, 2.24) is 0 Å². The van der Waals surface area contributed by atoms with Crippen molar-refractivity contribution in [2.75, 3.05) is 13.2 Å². The first-order valence-corrected chi connectivity index (χ1v) is 13.3. The number of benzene rings is 3. The molecular weight excluding hydrogens is 561 g/mol. The molecule has 1 saturated carbocycles. The second kappa shape index (κ2) is 14.9. The quantitative estimate of drug-likeness (QED) is 0.235. The van der Waals surface area contributed by atoms with E-state index in [1.807, 2.05) is 49.4 Å². The molecule has 0 bridgehead atoms. The van der Waals surface area contributed by atoms with E-state index in [0.717, 1.165) is 41.4 Å². The molecule has 8 heteroatoms. The Bertz CT molecular complexity index is 1090. The van der Waals surface area contributed by atoms with Gasteiger partial charge in [-0.15, -0.1) is 0 Å². The van der Waals surface area contributed by atoms with Gasteiger partial charge in [-0.25, -0.2) is 0 Å². The van der Waals surface area contributed by atoms with Crippen LogP contribution in [-0.4, -0.2) is 25.8 Å². The predicted octanol–water partition coefficient (Wildman–Crippen LogP) is 8.20. The molecule has 3 aromatic carbocycles. The molecule has 0 aliphatic heterocycles. The summed E-state index contributed by atoms with van der Waals surface area (Å²) in [7, 11) is 0. The minimum atomic E-state index is -4.33. The lowest BCUT2D eigenvalue weighted by Crippen LogP contribution is -2.30. The third-order valence-corrected chi connectivity index (χ3v) is 6.86. The van der Waals surface area contributed by atoms with Gasteiger partial charge in [0.15, 0.2) is 0 Å². The van der Waals surface area contributed by atoms with Crippen molar-refractivity contribution in [3.8, 4) is 5.75 Å². The molecule has 4 nitrogen and oxygen atoms in total. The van der Waals surface area contributed by atoms with E-state index >= 15 is 0 Å². The highest BCUT2D eigenvalue weighted by atomic mass is 79.9. The summed E-state index contributed by atoms with van der Waals surface area (Å²) in [6.07, 6.45) is -1.29. The fourth-order valence-corrected chi connectivity index (χ4v) is 4.82. The molecule has 204 valence electrons. The Morgan fingerprint density at radius 1 is 0.921 bits per heavy atom. The smallest absolute Gasteiger partial charge is 0.416 e. The number of ether oxygens (including phenoxy) is 3. The molecule has 0 spiro atoms. The summed E-state index contributed by atoms with van der Waals surface area (Å²) >= 11 is 3.47. The Morgan fingerprint density at radius 2 is 1.61 bits per heavy atom. The molecule has 0 heterocycles. The van der Waals surface area contributed by atoms with Gasteiger partial charge >= 0.3 is 6.18 Å². The van der Waals surface area contributed by atoms with Gasteiger partial charge in [0.1, 0.15) is 12.4 Å². The topological polar surface area (TPSA) is 44.8 Å². The highest BCUT2D eigenvalue weighted by molar-refractivity contribution is 9.10. The summed E-state index contributed by atoms with van der Waals surface area (Å²) < 4.78 is 55.4. The van der Waals surface area contributed by atoms with Crippen LogP contribution in [0.2, 0.25) is 0 Å². The van der Waals surface area contributed by atoms with E-state index in [0.29, 0.717) is 43.9 Å². The van der Waals surface area contributed by atoms with Crippen LogP contribution >= 0.6 is 15.9 Å². The van der Waals surface area contributed by atoms with Crippen LogP contribution in [0.3, 0.4) is 0 Å². The van der Waals surface area contributed by atoms with E-state index in [2.05, 4.69) is 32.8 Å². The zero-order valence-electron chi connectivity index (χ0n) is 21.2. The highest BCUT2D eigenvalue weighted by Crippen LogP contribution is 2.38. The Kier molecular flexibility index (Phi) is 11.7.